The largest absolute Gasteiger partial charge is 0.462 e. The molecule has 34 heavy (non-hydrogen) atoms. The minimum Gasteiger partial charge on any atom is -0.462 e. The van der Waals surface area contributed by atoms with Gasteiger partial charge in [-0.25, -0.2) is 0 Å². The Morgan fingerprint density at radius 2 is 2.00 bits per heavy atom. The van der Waals surface area contributed by atoms with E-state index in [1.54, 1.807) is 12.1 Å². The zero-order valence-electron chi connectivity index (χ0n) is 20.9. The van der Waals surface area contributed by atoms with Crippen LogP contribution in [0.5, 0.6) is 0 Å². The van der Waals surface area contributed by atoms with Crippen LogP contribution in [0.4, 0.5) is 5.69 Å². The minimum atomic E-state index is -0.789. The number of hydrogen-bond acceptors (Lipinski definition) is 4. The van der Waals surface area contributed by atoms with Crippen LogP contribution in [0.1, 0.15) is 76.0 Å². The summed E-state index contributed by atoms with van der Waals surface area (Å²) in [5.41, 5.74) is 4.51. The highest BCUT2D eigenvalue weighted by Gasteiger charge is 2.55. The van der Waals surface area contributed by atoms with E-state index in [0.29, 0.717) is 10.9 Å². The highest BCUT2D eigenvalue weighted by molar-refractivity contribution is 6.30. The molecule has 184 valence electrons. The fourth-order valence-corrected chi connectivity index (χ4v) is 6.53. The summed E-state index contributed by atoms with van der Waals surface area (Å²) in [5, 5.41) is 14.2. The predicted octanol–water partition coefficient (Wildman–Crippen LogP) is 6.49. The molecule has 2 aromatic carbocycles. The molecule has 2 unspecified atom stereocenters. The smallest absolute Gasteiger partial charge is 0.312 e. The number of aliphatic hydroxyl groups is 1. The van der Waals surface area contributed by atoms with Gasteiger partial charge in [0.15, 0.2) is 0 Å². The molecule has 0 saturated heterocycles. The molecule has 0 bridgehead atoms. The zero-order chi connectivity index (χ0) is 24.5. The summed E-state index contributed by atoms with van der Waals surface area (Å²) in [6.45, 7) is 9.18. The van der Waals surface area contributed by atoms with Gasteiger partial charge in [0.05, 0.1) is 5.41 Å². The lowest BCUT2D eigenvalue weighted by molar-refractivity contribution is -0.167. The Labute approximate surface area is 209 Å². The number of carbonyl (C=O) groups is 1. The van der Waals surface area contributed by atoms with Gasteiger partial charge in [-0.2, -0.15) is 0 Å². The number of esters is 1. The first-order valence-corrected chi connectivity index (χ1v) is 13.0. The highest BCUT2D eigenvalue weighted by Crippen LogP contribution is 2.57. The first kappa shape index (κ1) is 25.1. The second-order valence-electron chi connectivity index (χ2n) is 11.0. The summed E-state index contributed by atoms with van der Waals surface area (Å²) in [6.07, 6.45) is 4.15. The molecule has 1 saturated carbocycles. The van der Waals surface area contributed by atoms with Crippen LogP contribution >= 0.6 is 11.6 Å². The Kier molecular flexibility index (Phi) is 7.30. The van der Waals surface area contributed by atoms with Crippen LogP contribution in [0.15, 0.2) is 42.5 Å². The molecule has 2 aliphatic rings. The maximum atomic E-state index is 13.4. The third-order valence-electron chi connectivity index (χ3n) is 8.28. The average molecular weight is 484 g/mol. The third kappa shape index (κ3) is 4.85. The van der Waals surface area contributed by atoms with Crippen LogP contribution in [0.25, 0.3) is 0 Å². The van der Waals surface area contributed by atoms with Crippen LogP contribution < -0.4 is 5.32 Å². The Hall–Kier alpha value is -2.04. The number of rotatable bonds is 7. The summed E-state index contributed by atoms with van der Waals surface area (Å²) >= 11 is 6.01. The van der Waals surface area contributed by atoms with E-state index >= 15 is 0 Å². The fraction of sp³-hybridized carbons (Fsp3) is 0.552. The van der Waals surface area contributed by atoms with Crippen molar-refractivity contribution in [1.29, 1.82) is 0 Å². The molecular weight excluding hydrogens is 446 g/mol. The average Bonchev–Trinajstić information content (AvgIpc) is 2.80. The second kappa shape index (κ2) is 9.91. The van der Waals surface area contributed by atoms with Crippen LogP contribution in [-0.4, -0.2) is 30.3 Å². The van der Waals surface area contributed by atoms with E-state index in [0.717, 1.165) is 37.8 Å². The van der Waals surface area contributed by atoms with Crippen molar-refractivity contribution in [3.63, 3.8) is 0 Å². The Morgan fingerprint density at radius 1 is 1.21 bits per heavy atom. The van der Waals surface area contributed by atoms with Gasteiger partial charge in [-0.05, 0) is 84.7 Å². The van der Waals surface area contributed by atoms with Crippen molar-refractivity contribution >= 4 is 23.3 Å². The van der Waals surface area contributed by atoms with Crippen molar-refractivity contribution in [3.05, 3.63) is 64.2 Å². The van der Waals surface area contributed by atoms with E-state index in [-0.39, 0.29) is 30.5 Å². The molecule has 0 radical (unpaired) electrons. The van der Waals surface area contributed by atoms with E-state index in [1.165, 1.54) is 16.7 Å². The molecule has 4 atom stereocenters. The third-order valence-corrected chi connectivity index (χ3v) is 8.52. The molecule has 0 aliphatic heterocycles. The Morgan fingerprint density at radius 3 is 2.74 bits per heavy atom. The molecule has 5 heteroatoms. The zero-order valence-corrected chi connectivity index (χ0v) is 21.6. The second-order valence-corrected chi connectivity index (χ2v) is 11.4. The van der Waals surface area contributed by atoms with Gasteiger partial charge in [-0.15, -0.1) is 0 Å². The molecule has 2 N–H and O–H groups in total. The first-order chi connectivity index (χ1) is 16.1. The van der Waals surface area contributed by atoms with Crippen LogP contribution in [0.2, 0.25) is 5.02 Å². The summed E-state index contributed by atoms with van der Waals surface area (Å²) in [4.78, 5) is 13.4. The van der Waals surface area contributed by atoms with Crippen LogP contribution in [0.3, 0.4) is 0 Å². The standard InChI is InChI=1S/C29H38ClNO3/c1-19(2)20-9-11-25-21(15-20)10-12-26-28(25,3)13-6-14-29(26,4)27(33)34-18-24(32)17-31-23-8-5-7-22(30)16-23/h5,7-9,11,15-16,19,24,26,31-32H,6,10,12-14,17-18H2,1-4H3/t24?,26?,28-,29-/m1/s1. The fourth-order valence-electron chi connectivity index (χ4n) is 6.34. The number of carbonyl (C=O) groups excluding carboxylic acids is 1. The number of anilines is 1. The summed E-state index contributed by atoms with van der Waals surface area (Å²) < 4.78 is 5.74. The van der Waals surface area contributed by atoms with Gasteiger partial charge in [0.1, 0.15) is 12.7 Å². The van der Waals surface area contributed by atoms with Gasteiger partial charge in [0, 0.05) is 17.3 Å². The van der Waals surface area contributed by atoms with Crippen LogP contribution in [-0.2, 0) is 21.4 Å². The van der Waals surface area contributed by atoms with Gasteiger partial charge in [0.25, 0.3) is 0 Å². The van der Waals surface area contributed by atoms with E-state index in [1.807, 2.05) is 12.1 Å². The predicted molar refractivity (Wildman–Crippen MR) is 139 cm³/mol. The van der Waals surface area contributed by atoms with Gasteiger partial charge in [-0.3, -0.25) is 4.79 Å². The lowest BCUT2D eigenvalue weighted by Crippen LogP contribution is -2.53. The molecule has 0 aromatic heterocycles. The Balaban J connectivity index is 1.43. The van der Waals surface area contributed by atoms with Crippen molar-refractivity contribution in [2.45, 2.75) is 77.2 Å². The van der Waals surface area contributed by atoms with E-state index in [2.05, 4.69) is 51.2 Å². The minimum absolute atomic E-state index is 0.0141. The van der Waals surface area contributed by atoms with Crippen molar-refractivity contribution in [2.24, 2.45) is 11.3 Å². The lowest BCUT2D eigenvalue weighted by Gasteiger charge is -2.54. The van der Waals surface area contributed by atoms with Gasteiger partial charge in [-0.1, -0.05) is 63.1 Å². The number of ether oxygens (including phenoxy) is 1. The monoisotopic (exact) mass is 483 g/mol. The van der Waals surface area contributed by atoms with E-state index < -0.39 is 11.5 Å². The molecule has 2 aliphatic carbocycles. The molecule has 0 amide bonds. The number of aliphatic hydroxyl groups excluding tert-OH is 1. The number of benzene rings is 2. The van der Waals surface area contributed by atoms with Crippen LogP contribution in [0, 0.1) is 11.3 Å². The molecule has 4 nitrogen and oxygen atoms in total. The van der Waals surface area contributed by atoms with Crippen molar-refractivity contribution in [2.75, 3.05) is 18.5 Å². The molecule has 1 fully saturated rings. The normalized spacial score (nSPS) is 27.0. The topological polar surface area (TPSA) is 58.6 Å². The number of nitrogens with one attached hydrogen (secondary N) is 1. The number of hydrogen-bond donors (Lipinski definition) is 2. The maximum absolute atomic E-state index is 13.4. The van der Waals surface area contributed by atoms with E-state index in [4.69, 9.17) is 16.3 Å². The highest BCUT2D eigenvalue weighted by atomic mass is 35.5. The lowest BCUT2D eigenvalue weighted by atomic mass is 9.49. The number of halogens is 1. The molecule has 4 rings (SSSR count). The van der Waals surface area contributed by atoms with Crippen molar-refractivity contribution in [1.82, 2.24) is 0 Å². The summed E-state index contributed by atoms with van der Waals surface area (Å²) in [7, 11) is 0. The van der Waals surface area contributed by atoms with Gasteiger partial charge in [0.2, 0.25) is 0 Å². The quantitative estimate of drug-likeness (QED) is 0.442. The maximum Gasteiger partial charge on any atom is 0.312 e. The SMILES string of the molecule is CC(C)c1ccc2c(c1)CCC1[C@](C)(C(=O)OCC(O)CNc3cccc(Cl)c3)CCC[C@]21C. The molecular formula is C29H38ClNO3. The molecule has 0 heterocycles. The van der Waals surface area contributed by atoms with Gasteiger partial charge >= 0.3 is 5.97 Å². The first-order valence-electron chi connectivity index (χ1n) is 12.6. The van der Waals surface area contributed by atoms with Crippen molar-refractivity contribution in [3.8, 4) is 0 Å². The summed E-state index contributed by atoms with van der Waals surface area (Å²) in [5.74, 6) is 0.579. The number of fused-ring (bicyclic) bond motifs is 3. The number of aryl methyl sites for hydroxylation is 1. The van der Waals surface area contributed by atoms with Gasteiger partial charge < -0.3 is 15.2 Å². The van der Waals surface area contributed by atoms with E-state index in [9.17, 15) is 9.90 Å². The van der Waals surface area contributed by atoms with Crippen molar-refractivity contribution < 1.29 is 14.6 Å². The molecule has 2 aromatic rings. The Bertz CT molecular complexity index is 1040. The molecule has 0 spiro atoms. The summed E-state index contributed by atoms with van der Waals surface area (Å²) in [6, 6.07) is 14.3.